The number of benzene rings is 3. The van der Waals surface area contributed by atoms with E-state index in [1.165, 1.54) is 16.5 Å². The number of hydrogen-bond donors (Lipinski definition) is 0. The van der Waals surface area contributed by atoms with Crippen LogP contribution in [0, 0.1) is 18.8 Å². The molecule has 2 nitrogen and oxygen atoms in total. The van der Waals surface area contributed by atoms with Crippen LogP contribution in [0.1, 0.15) is 16.7 Å². The van der Waals surface area contributed by atoms with Gasteiger partial charge in [0.15, 0.2) is 0 Å². The van der Waals surface area contributed by atoms with Crippen LogP contribution < -0.4 is 4.74 Å². The lowest BCUT2D eigenvalue weighted by molar-refractivity contribution is 0.415. The normalized spacial score (nSPS) is 10.4. The maximum Gasteiger partial charge on any atom is 0.118 e. The van der Waals surface area contributed by atoms with E-state index in [-0.39, 0.29) is 0 Å². The summed E-state index contributed by atoms with van der Waals surface area (Å²) in [4.78, 5) is 0. The predicted octanol–water partition coefficient (Wildman–Crippen LogP) is 5.35. The summed E-state index contributed by atoms with van der Waals surface area (Å²) in [7, 11) is 1.67. The molecule has 1 heterocycles. The van der Waals surface area contributed by atoms with E-state index in [0.717, 1.165) is 22.6 Å². The van der Waals surface area contributed by atoms with Crippen molar-refractivity contribution in [2.75, 3.05) is 7.11 Å². The maximum atomic E-state index is 5.20. The van der Waals surface area contributed by atoms with E-state index in [1.54, 1.807) is 7.11 Å². The van der Waals surface area contributed by atoms with Gasteiger partial charge in [-0.05, 0) is 55.0 Å². The van der Waals surface area contributed by atoms with Gasteiger partial charge in [-0.1, -0.05) is 42.2 Å². The second-order valence-corrected chi connectivity index (χ2v) is 6.19. The van der Waals surface area contributed by atoms with Crippen molar-refractivity contribution < 1.29 is 4.74 Å². The van der Waals surface area contributed by atoms with Gasteiger partial charge >= 0.3 is 0 Å². The Labute approximate surface area is 153 Å². The molecule has 0 radical (unpaired) electrons. The Bertz CT molecular complexity index is 1120. The Morgan fingerprint density at radius 1 is 0.808 bits per heavy atom. The lowest BCUT2D eigenvalue weighted by Crippen LogP contribution is -1.95. The molecular formula is C24H19NO. The zero-order valence-corrected chi connectivity index (χ0v) is 14.9. The second-order valence-electron chi connectivity index (χ2n) is 6.19. The van der Waals surface area contributed by atoms with Gasteiger partial charge in [0.05, 0.1) is 18.3 Å². The summed E-state index contributed by atoms with van der Waals surface area (Å²) in [6, 6.07) is 24.5. The molecule has 0 aliphatic rings. The van der Waals surface area contributed by atoms with E-state index in [1.807, 2.05) is 30.3 Å². The first-order chi connectivity index (χ1) is 12.8. The zero-order valence-electron chi connectivity index (χ0n) is 14.9. The van der Waals surface area contributed by atoms with E-state index < -0.39 is 0 Å². The van der Waals surface area contributed by atoms with Crippen molar-refractivity contribution in [2.45, 2.75) is 6.92 Å². The number of methoxy groups -OCH3 is 1. The number of aryl methyl sites for hydroxylation is 1. The third-order valence-corrected chi connectivity index (χ3v) is 4.51. The molecule has 126 valence electrons. The van der Waals surface area contributed by atoms with Gasteiger partial charge in [-0.25, -0.2) is 0 Å². The van der Waals surface area contributed by atoms with Crippen LogP contribution in [0.25, 0.3) is 16.6 Å². The molecule has 3 aromatic carbocycles. The summed E-state index contributed by atoms with van der Waals surface area (Å²) in [5, 5.41) is 1.27. The average molecular weight is 337 g/mol. The second kappa shape index (κ2) is 6.82. The molecule has 1 aromatic heterocycles. The smallest absolute Gasteiger partial charge is 0.118 e. The van der Waals surface area contributed by atoms with E-state index in [4.69, 9.17) is 4.74 Å². The summed E-state index contributed by atoms with van der Waals surface area (Å²) < 4.78 is 7.43. The SMILES string of the molecule is COc1ccc(C#Cc2ccccc2-n2cc(C)c3ccccc32)cc1. The minimum Gasteiger partial charge on any atom is -0.497 e. The molecule has 0 saturated carbocycles. The van der Waals surface area contributed by atoms with Gasteiger partial charge in [-0.3, -0.25) is 0 Å². The van der Waals surface area contributed by atoms with Gasteiger partial charge in [0.1, 0.15) is 5.75 Å². The fourth-order valence-electron chi connectivity index (χ4n) is 3.15. The third-order valence-electron chi connectivity index (χ3n) is 4.51. The lowest BCUT2D eigenvalue weighted by Gasteiger charge is -2.08. The van der Waals surface area contributed by atoms with Crippen molar-refractivity contribution in [1.82, 2.24) is 4.57 Å². The van der Waals surface area contributed by atoms with Crippen LogP contribution in [0.15, 0.2) is 79.0 Å². The number of para-hydroxylation sites is 2. The standard InChI is InChI=1S/C24H19NO/c1-18-17-25(24-10-6-4-8-22(18)24)23-9-5-3-7-20(23)14-11-19-12-15-21(26-2)16-13-19/h3-10,12-13,15-17H,1-2H3. The predicted molar refractivity (Wildman–Crippen MR) is 107 cm³/mol. The van der Waals surface area contributed by atoms with E-state index in [2.05, 4.69) is 72.0 Å². The van der Waals surface area contributed by atoms with E-state index >= 15 is 0 Å². The van der Waals surface area contributed by atoms with Crippen LogP contribution >= 0.6 is 0 Å². The Morgan fingerprint density at radius 3 is 2.35 bits per heavy atom. The number of rotatable bonds is 2. The summed E-state index contributed by atoms with van der Waals surface area (Å²) in [6.45, 7) is 2.14. The lowest BCUT2D eigenvalue weighted by atomic mass is 10.1. The van der Waals surface area contributed by atoms with Crippen LogP contribution in [0.4, 0.5) is 0 Å². The van der Waals surface area contributed by atoms with Gasteiger partial charge < -0.3 is 9.30 Å². The number of fused-ring (bicyclic) bond motifs is 1. The van der Waals surface area contributed by atoms with Crippen molar-refractivity contribution in [3.63, 3.8) is 0 Å². The fraction of sp³-hybridized carbons (Fsp3) is 0.0833. The number of hydrogen-bond acceptors (Lipinski definition) is 1. The molecular weight excluding hydrogens is 318 g/mol. The van der Waals surface area contributed by atoms with Crippen molar-refractivity contribution in [1.29, 1.82) is 0 Å². The largest absolute Gasteiger partial charge is 0.497 e. The van der Waals surface area contributed by atoms with Gasteiger partial charge in [0.25, 0.3) is 0 Å². The molecule has 26 heavy (non-hydrogen) atoms. The minimum atomic E-state index is 0.838. The van der Waals surface area contributed by atoms with Gasteiger partial charge in [-0.2, -0.15) is 0 Å². The van der Waals surface area contributed by atoms with Crippen LogP contribution in [-0.2, 0) is 0 Å². The highest BCUT2D eigenvalue weighted by Crippen LogP contribution is 2.25. The van der Waals surface area contributed by atoms with Crippen molar-refractivity contribution in [3.05, 3.63) is 95.7 Å². The highest BCUT2D eigenvalue weighted by atomic mass is 16.5. The molecule has 0 amide bonds. The fourth-order valence-corrected chi connectivity index (χ4v) is 3.15. The summed E-state index contributed by atoms with van der Waals surface area (Å²) in [6.07, 6.45) is 2.18. The molecule has 0 aliphatic heterocycles. The summed E-state index contributed by atoms with van der Waals surface area (Å²) in [5.41, 5.74) is 5.53. The highest BCUT2D eigenvalue weighted by Gasteiger charge is 2.08. The molecule has 0 fully saturated rings. The highest BCUT2D eigenvalue weighted by molar-refractivity contribution is 5.85. The number of aromatic nitrogens is 1. The topological polar surface area (TPSA) is 14.2 Å². The third kappa shape index (κ3) is 2.96. The van der Waals surface area contributed by atoms with Crippen LogP contribution in [0.3, 0.4) is 0 Å². The number of ether oxygens (including phenoxy) is 1. The molecule has 0 bridgehead atoms. The molecule has 0 saturated heterocycles. The van der Waals surface area contributed by atoms with Gasteiger partial charge in [-0.15, -0.1) is 0 Å². The molecule has 2 heteroatoms. The Balaban J connectivity index is 1.79. The van der Waals surface area contributed by atoms with Gasteiger partial charge in [0, 0.05) is 22.7 Å². The van der Waals surface area contributed by atoms with Crippen LogP contribution in [0.5, 0.6) is 5.75 Å². The number of nitrogens with zero attached hydrogens (tertiary/aromatic N) is 1. The molecule has 0 N–H and O–H groups in total. The molecule has 0 aliphatic carbocycles. The minimum absolute atomic E-state index is 0.838. The first-order valence-electron chi connectivity index (χ1n) is 8.58. The maximum absolute atomic E-state index is 5.20. The summed E-state index contributed by atoms with van der Waals surface area (Å²) in [5.74, 6) is 7.42. The quantitative estimate of drug-likeness (QED) is 0.450. The monoisotopic (exact) mass is 337 g/mol. The van der Waals surface area contributed by atoms with Crippen molar-refractivity contribution >= 4 is 10.9 Å². The first kappa shape index (κ1) is 16.1. The summed E-state index contributed by atoms with van der Waals surface area (Å²) >= 11 is 0. The molecule has 4 aromatic rings. The average Bonchev–Trinajstić information content (AvgIpc) is 3.04. The van der Waals surface area contributed by atoms with E-state index in [0.29, 0.717) is 0 Å². The van der Waals surface area contributed by atoms with Crippen molar-refractivity contribution in [3.8, 4) is 23.3 Å². The Kier molecular flexibility index (Phi) is 4.21. The zero-order chi connectivity index (χ0) is 17.9. The Hall–Kier alpha value is -3.44. The first-order valence-corrected chi connectivity index (χ1v) is 8.58. The van der Waals surface area contributed by atoms with Crippen LogP contribution in [-0.4, -0.2) is 11.7 Å². The van der Waals surface area contributed by atoms with E-state index in [9.17, 15) is 0 Å². The molecule has 0 spiro atoms. The molecule has 4 rings (SSSR count). The molecule has 0 unspecified atom stereocenters. The van der Waals surface area contributed by atoms with Gasteiger partial charge in [0.2, 0.25) is 0 Å². The molecule has 0 atom stereocenters. The Morgan fingerprint density at radius 2 is 1.54 bits per heavy atom. The van der Waals surface area contributed by atoms with Crippen molar-refractivity contribution in [2.24, 2.45) is 0 Å². The van der Waals surface area contributed by atoms with Crippen LogP contribution in [0.2, 0.25) is 0 Å².